The first-order valence-electron chi connectivity index (χ1n) is 6.89. The van der Waals surface area contributed by atoms with Crippen LogP contribution < -0.4 is 10.5 Å². The molecule has 0 aliphatic carbocycles. The fraction of sp³-hybridized carbons (Fsp3) is 0.533. The van der Waals surface area contributed by atoms with Crippen molar-refractivity contribution < 1.29 is 9.53 Å². The van der Waals surface area contributed by atoms with Crippen molar-refractivity contribution in [3.8, 4) is 5.75 Å². The van der Waals surface area contributed by atoms with Gasteiger partial charge in [-0.3, -0.25) is 4.79 Å². The zero-order valence-corrected chi connectivity index (χ0v) is 11.4. The number of benzene rings is 1. The molecule has 0 radical (unpaired) electrons. The molecule has 0 spiro atoms. The summed E-state index contributed by atoms with van der Waals surface area (Å²) >= 11 is 0. The van der Waals surface area contributed by atoms with Crippen molar-refractivity contribution in [3.05, 3.63) is 30.3 Å². The third-order valence-corrected chi connectivity index (χ3v) is 3.54. The average Bonchev–Trinajstić information content (AvgIpc) is 2.46. The van der Waals surface area contributed by atoms with Crippen LogP contribution >= 0.6 is 0 Å². The molecule has 1 aromatic rings. The molecule has 1 heterocycles. The normalized spacial score (nSPS) is 18.1. The van der Waals surface area contributed by atoms with E-state index in [-0.39, 0.29) is 5.91 Å². The Bertz CT molecular complexity index is 398. The van der Waals surface area contributed by atoms with Gasteiger partial charge in [0.15, 0.2) is 0 Å². The van der Waals surface area contributed by atoms with Crippen molar-refractivity contribution in [3.63, 3.8) is 0 Å². The number of nitrogens with zero attached hydrogens (tertiary/aromatic N) is 1. The van der Waals surface area contributed by atoms with E-state index in [2.05, 4.69) is 0 Å². The Hall–Kier alpha value is -1.55. The Balaban J connectivity index is 1.73. The SMILES string of the molecule is C[C@H](N)C(=O)N1CCC(COc2ccccc2)CC1. The van der Waals surface area contributed by atoms with Gasteiger partial charge in [-0.05, 0) is 37.8 Å². The summed E-state index contributed by atoms with van der Waals surface area (Å²) in [5, 5.41) is 0. The number of piperidine rings is 1. The summed E-state index contributed by atoms with van der Waals surface area (Å²) < 4.78 is 5.76. The number of rotatable bonds is 4. The summed E-state index contributed by atoms with van der Waals surface area (Å²) in [5.74, 6) is 1.50. The van der Waals surface area contributed by atoms with Crippen molar-refractivity contribution in [2.45, 2.75) is 25.8 Å². The molecule has 104 valence electrons. The largest absolute Gasteiger partial charge is 0.493 e. The molecule has 0 bridgehead atoms. The molecule has 2 N–H and O–H groups in total. The van der Waals surface area contributed by atoms with E-state index in [0.29, 0.717) is 5.92 Å². The van der Waals surface area contributed by atoms with Gasteiger partial charge in [-0.1, -0.05) is 18.2 Å². The Kier molecular flexibility index (Phi) is 4.80. The van der Waals surface area contributed by atoms with Gasteiger partial charge in [0.2, 0.25) is 5.91 Å². The lowest BCUT2D eigenvalue weighted by atomic mass is 9.97. The first-order chi connectivity index (χ1) is 9.16. The van der Waals surface area contributed by atoms with Gasteiger partial charge in [0.1, 0.15) is 5.75 Å². The predicted octanol–water partition coefficient (Wildman–Crippen LogP) is 1.65. The van der Waals surface area contributed by atoms with Crippen LogP contribution in [0.15, 0.2) is 30.3 Å². The number of para-hydroxylation sites is 1. The molecule has 0 unspecified atom stereocenters. The summed E-state index contributed by atoms with van der Waals surface area (Å²) in [4.78, 5) is 13.6. The van der Waals surface area contributed by atoms with E-state index in [1.54, 1.807) is 6.92 Å². The second-order valence-electron chi connectivity index (χ2n) is 5.18. The maximum Gasteiger partial charge on any atom is 0.239 e. The molecule has 4 heteroatoms. The zero-order valence-electron chi connectivity index (χ0n) is 11.4. The molecular weight excluding hydrogens is 240 g/mol. The minimum Gasteiger partial charge on any atom is -0.493 e. The monoisotopic (exact) mass is 262 g/mol. The van der Waals surface area contributed by atoms with Crippen molar-refractivity contribution >= 4 is 5.91 Å². The molecule has 1 amide bonds. The minimum atomic E-state index is -0.392. The molecule has 0 aromatic heterocycles. The lowest BCUT2D eigenvalue weighted by Gasteiger charge is -2.32. The first kappa shape index (κ1) is 13.9. The summed E-state index contributed by atoms with van der Waals surface area (Å²) in [6.07, 6.45) is 1.98. The first-order valence-corrected chi connectivity index (χ1v) is 6.89. The summed E-state index contributed by atoms with van der Waals surface area (Å²) in [7, 11) is 0. The van der Waals surface area contributed by atoms with Crippen molar-refractivity contribution in [1.29, 1.82) is 0 Å². The Morgan fingerprint density at radius 1 is 1.37 bits per heavy atom. The van der Waals surface area contributed by atoms with E-state index < -0.39 is 6.04 Å². The number of hydrogen-bond donors (Lipinski definition) is 1. The number of hydrogen-bond acceptors (Lipinski definition) is 3. The van der Waals surface area contributed by atoms with Gasteiger partial charge < -0.3 is 15.4 Å². The van der Waals surface area contributed by atoms with Gasteiger partial charge in [-0.15, -0.1) is 0 Å². The van der Waals surface area contributed by atoms with Crippen LogP contribution in [0.2, 0.25) is 0 Å². The Morgan fingerprint density at radius 2 is 2.00 bits per heavy atom. The molecule has 1 aromatic carbocycles. The van der Waals surface area contributed by atoms with E-state index in [4.69, 9.17) is 10.5 Å². The zero-order chi connectivity index (χ0) is 13.7. The van der Waals surface area contributed by atoms with Gasteiger partial charge in [0, 0.05) is 13.1 Å². The van der Waals surface area contributed by atoms with E-state index in [0.717, 1.165) is 38.3 Å². The number of carbonyl (C=O) groups is 1. The van der Waals surface area contributed by atoms with Crippen LogP contribution in [0, 0.1) is 5.92 Å². The summed E-state index contributed by atoms with van der Waals surface area (Å²) in [5.41, 5.74) is 5.62. The van der Waals surface area contributed by atoms with Gasteiger partial charge in [-0.25, -0.2) is 0 Å². The molecular formula is C15H22N2O2. The van der Waals surface area contributed by atoms with Crippen LogP contribution in [0.25, 0.3) is 0 Å². The van der Waals surface area contributed by atoms with Crippen LogP contribution in [-0.2, 0) is 4.79 Å². The fourth-order valence-corrected chi connectivity index (χ4v) is 2.34. The van der Waals surface area contributed by atoms with Crippen molar-refractivity contribution in [2.75, 3.05) is 19.7 Å². The molecule has 1 fully saturated rings. The van der Waals surface area contributed by atoms with Gasteiger partial charge in [-0.2, -0.15) is 0 Å². The van der Waals surface area contributed by atoms with Gasteiger partial charge in [0.05, 0.1) is 12.6 Å². The Labute approximate surface area is 114 Å². The van der Waals surface area contributed by atoms with Crippen LogP contribution in [0.1, 0.15) is 19.8 Å². The van der Waals surface area contributed by atoms with Crippen LogP contribution in [0.5, 0.6) is 5.75 Å². The van der Waals surface area contributed by atoms with E-state index >= 15 is 0 Å². The van der Waals surface area contributed by atoms with Crippen molar-refractivity contribution in [2.24, 2.45) is 11.7 Å². The lowest BCUT2D eigenvalue weighted by molar-refractivity contribution is -0.133. The van der Waals surface area contributed by atoms with Gasteiger partial charge in [0.25, 0.3) is 0 Å². The smallest absolute Gasteiger partial charge is 0.239 e. The highest BCUT2D eigenvalue weighted by molar-refractivity contribution is 5.81. The highest BCUT2D eigenvalue weighted by atomic mass is 16.5. The second kappa shape index (κ2) is 6.57. The van der Waals surface area contributed by atoms with Crippen LogP contribution in [0.4, 0.5) is 0 Å². The average molecular weight is 262 g/mol. The number of carbonyl (C=O) groups excluding carboxylic acids is 1. The third kappa shape index (κ3) is 3.96. The predicted molar refractivity (Wildman–Crippen MR) is 74.9 cm³/mol. The Morgan fingerprint density at radius 3 is 2.58 bits per heavy atom. The standard InChI is InChI=1S/C15H22N2O2/c1-12(16)15(18)17-9-7-13(8-10-17)11-19-14-5-3-2-4-6-14/h2-6,12-13H,7-11,16H2,1H3/t12-/m0/s1. The van der Waals surface area contributed by atoms with Crippen LogP contribution in [-0.4, -0.2) is 36.5 Å². The molecule has 1 aliphatic rings. The topological polar surface area (TPSA) is 55.6 Å². The van der Waals surface area contributed by atoms with E-state index in [1.165, 1.54) is 0 Å². The quantitative estimate of drug-likeness (QED) is 0.897. The number of likely N-dealkylation sites (tertiary alicyclic amines) is 1. The molecule has 0 saturated carbocycles. The molecule has 1 atom stereocenters. The minimum absolute atomic E-state index is 0.0578. The molecule has 1 saturated heterocycles. The second-order valence-corrected chi connectivity index (χ2v) is 5.18. The molecule has 4 nitrogen and oxygen atoms in total. The van der Waals surface area contributed by atoms with Crippen LogP contribution in [0.3, 0.4) is 0 Å². The highest BCUT2D eigenvalue weighted by Crippen LogP contribution is 2.19. The number of amides is 1. The molecule has 1 aliphatic heterocycles. The van der Waals surface area contributed by atoms with Crippen molar-refractivity contribution in [1.82, 2.24) is 4.90 Å². The molecule has 19 heavy (non-hydrogen) atoms. The summed E-state index contributed by atoms with van der Waals surface area (Å²) in [6, 6.07) is 9.46. The third-order valence-electron chi connectivity index (χ3n) is 3.54. The lowest BCUT2D eigenvalue weighted by Crippen LogP contribution is -2.46. The highest BCUT2D eigenvalue weighted by Gasteiger charge is 2.24. The summed E-state index contributed by atoms with van der Waals surface area (Å²) in [6.45, 7) is 4.06. The fourth-order valence-electron chi connectivity index (χ4n) is 2.34. The number of nitrogens with two attached hydrogens (primary N) is 1. The maximum atomic E-state index is 11.8. The maximum absolute atomic E-state index is 11.8. The van der Waals surface area contributed by atoms with Gasteiger partial charge >= 0.3 is 0 Å². The van der Waals surface area contributed by atoms with E-state index in [1.807, 2.05) is 35.2 Å². The molecule has 2 rings (SSSR count). The van der Waals surface area contributed by atoms with E-state index in [9.17, 15) is 4.79 Å². The number of ether oxygens (including phenoxy) is 1.